The average molecular weight is 479 g/mol. The highest BCUT2D eigenvalue weighted by molar-refractivity contribution is 5.84. The third-order valence-electron chi connectivity index (χ3n) is 7.70. The van der Waals surface area contributed by atoms with E-state index in [2.05, 4.69) is 34.9 Å². The Hall–Kier alpha value is -3.35. The van der Waals surface area contributed by atoms with Crippen LogP contribution in [0.3, 0.4) is 0 Å². The molecule has 2 atom stereocenters. The maximum Gasteiger partial charge on any atom is 0.407 e. The van der Waals surface area contributed by atoms with Gasteiger partial charge in [0.15, 0.2) is 0 Å². The lowest BCUT2D eigenvalue weighted by atomic mass is 9.66. The summed E-state index contributed by atoms with van der Waals surface area (Å²) in [5.41, 5.74) is 4.31. The number of carbonyl (C=O) groups is 3. The first-order valence-electron chi connectivity index (χ1n) is 12.4. The molecule has 0 heterocycles. The van der Waals surface area contributed by atoms with E-state index in [1.54, 1.807) is 0 Å². The van der Waals surface area contributed by atoms with Crippen LogP contribution in [-0.4, -0.2) is 42.3 Å². The molecule has 4 rings (SSSR count). The zero-order valence-corrected chi connectivity index (χ0v) is 20.4. The van der Waals surface area contributed by atoms with Crippen LogP contribution < -0.4 is 10.6 Å². The van der Waals surface area contributed by atoms with E-state index in [1.807, 2.05) is 38.1 Å². The quantitative estimate of drug-likeness (QED) is 0.459. The van der Waals surface area contributed by atoms with Gasteiger partial charge in [0.2, 0.25) is 5.91 Å². The predicted octanol–water partition coefficient (Wildman–Crippen LogP) is 4.70. The zero-order valence-electron chi connectivity index (χ0n) is 20.4. The molecular weight excluding hydrogens is 444 g/mol. The SMILES string of the molecule is CCC(C)C(NC(=O)CC1(CNC(=O)OCC2c3ccccc3-c3ccccc32)CCC1)C(=O)O. The second-order valence-electron chi connectivity index (χ2n) is 9.98. The number of nitrogens with one attached hydrogen (secondary N) is 2. The van der Waals surface area contributed by atoms with Gasteiger partial charge in [-0.3, -0.25) is 4.79 Å². The molecule has 2 aromatic carbocycles. The van der Waals surface area contributed by atoms with Crippen LogP contribution in [0.2, 0.25) is 0 Å². The lowest BCUT2D eigenvalue weighted by Crippen LogP contribution is -2.49. The van der Waals surface area contributed by atoms with Gasteiger partial charge in [-0.25, -0.2) is 9.59 Å². The van der Waals surface area contributed by atoms with Gasteiger partial charge >= 0.3 is 12.1 Å². The number of carboxylic acid groups (broad SMARTS) is 1. The summed E-state index contributed by atoms with van der Waals surface area (Å²) in [6.45, 7) is 4.29. The second-order valence-corrected chi connectivity index (χ2v) is 9.98. The lowest BCUT2D eigenvalue weighted by molar-refractivity contribution is -0.144. The maximum atomic E-state index is 12.6. The molecule has 0 bridgehead atoms. The van der Waals surface area contributed by atoms with Gasteiger partial charge in [-0.2, -0.15) is 0 Å². The van der Waals surface area contributed by atoms with Crippen LogP contribution in [0.5, 0.6) is 0 Å². The summed E-state index contributed by atoms with van der Waals surface area (Å²) in [7, 11) is 0. The molecule has 0 spiro atoms. The summed E-state index contributed by atoms with van der Waals surface area (Å²) < 4.78 is 5.62. The number of fused-ring (bicyclic) bond motifs is 3. The van der Waals surface area contributed by atoms with E-state index in [-0.39, 0.29) is 36.2 Å². The molecule has 3 N–H and O–H groups in total. The Bertz CT molecular complexity index is 1050. The molecule has 2 amide bonds. The Morgan fingerprint density at radius 3 is 2.17 bits per heavy atom. The smallest absolute Gasteiger partial charge is 0.407 e. The molecule has 1 fully saturated rings. The fourth-order valence-electron chi connectivity index (χ4n) is 5.25. The lowest BCUT2D eigenvalue weighted by Gasteiger charge is -2.41. The number of alkyl carbamates (subject to hydrolysis) is 1. The first kappa shape index (κ1) is 24.8. The van der Waals surface area contributed by atoms with Gasteiger partial charge in [0.05, 0.1) is 0 Å². The van der Waals surface area contributed by atoms with E-state index in [9.17, 15) is 19.5 Å². The number of ether oxygens (including phenoxy) is 1. The van der Waals surface area contributed by atoms with E-state index in [0.717, 1.165) is 30.4 Å². The van der Waals surface area contributed by atoms with Crippen LogP contribution in [0.1, 0.15) is 63.0 Å². The van der Waals surface area contributed by atoms with Crippen LogP contribution in [-0.2, 0) is 14.3 Å². The predicted molar refractivity (Wildman–Crippen MR) is 133 cm³/mol. The number of rotatable bonds is 10. The highest BCUT2D eigenvalue weighted by Gasteiger charge is 2.40. The van der Waals surface area contributed by atoms with Crippen LogP contribution in [0.4, 0.5) is 4.79 Å². The largest absolute Gasteiger partial charge is 0.480 e. The highest BCUT2D eigenvalue weighted by atomic mass is 16.5. The van der Waals surface area contributed by atoms with Crippen molar-refractivity contribution < 1.29 is 24.2 Å². The molecule has 35 heavy (non-hydrogen) atoms. The van der Waals surface area contributed by atoms with Crippen LogP contribution in [0.25, 0.3) is 11.1 Å². The number of carbonyl (C=O) groups excluding carboxylic acids is 2. The summed E-state index contributed by atoms with van der Waals surface area (Å²) in [6, 6.07) is 15.5. The Labute approximate surface area is 206 Å². The van der Waals surface area contributed by atoms with Gasteiger partial charge in [0, 0.05) is 18.9 Å². The van der Waals surface area contributed by atoms with Gasteiger partial charge in [-0.1, -0.05) is 75.2 Å². The van der Waals surface area contributed by atoms with Gasteiger partial charge in [0.25, 0.3) is 0 Å². The summed E-state index contributed by atoms with van der Waals surface area (Å²) in [4.78, 5) is 36.8. The van der Waals surface area contributed by atoms with Crippen molar-refractivity contribution in [2.75, 3.05) is 13.2 Å². The van der Waals surface area contributed by atoms with Gasteiger partial charge in [-0.05, 0) is 46.4 Å². The topological polar surface area (TPSA) is 105 Å². The van der Waals surface area contributed by atoms with E-state index in [1.165, 1.54) is 11.1 Å². The summed E-state index contributed by atoms with van der Waals surface area (Å²) in [5.74, 6) is -1.48. The van der Waals surface area contributed by atoms with Crippen molar-refractivity contribution >= 4 is 18.0 Å². The molecule has 0 aromatic heterocycles. The molecule has 0 saturated heterocycles. The minimum atomic E-state index is -1.02. The number of carboxylic acids is 1. The van der Waals surface area contributed by atoms with Crippen molar-refractivity contribution in [3.05, 3.63) is 59.7 Å². The van der Waals surface area contributed by atoms with Crippen molar-refractivity contribution in [3.63, 3.8) is 0 Å². The average Bonchev–Trinajstić information content (AvgIpc) is 3.15. The van der Waals surface area contributed by atoms with E-state index in [0.29, 0.717) is 13.0 Å². The van der Waals surface area contributed by atoms with Crippen molar-refractivity contribution in [1.29, 1.82) is 0 Å². The highest BCUT2D eigenvalue weighted by Crippen LogP contribution is 2.45. The molecular formula is C28H34N2O5. The number of hydrogen-bond acceptors (Lipinski definition) is 4. The van der Waals surface area contributed by atoms with Crippen LogP contribution >= 0.6 is 0 Å². The molecule has 0 aliphatic heterocycles. The summed E-state index contributed by atoms with van der Waals surface area (Å²) >= 11 is 0. The fourth-order valence-corrected chi connectivity index (χ4v) is 5.25. The van der Waals surface area contributed by atoms with Crippen molar-refractivity contribution in [3.8, 4) is 11.1 Å². The van der Waals surface area contributed by atoms with Crippen LogP contribution in [0.15, 0.2) is 48.5 Å². The maximum absolute atomic E-state index is 12.6. The third kappa shape index (κ3) is 5.34. The Morgan fingerprint density at radius 1 is 1.06 bits per heavy atom. The van der Waals surface area contributed by atoms with Gasteiger partial charge in [-0.15, -0.1) is 0 Å². The van der Waals surface area contributed by atoms with E-state index in [4.69, 9.17) is 4.74 Å². The Balaban J connectivity index is 1.31. The second kappa shape index (κ2) is 10.5. The molecule has 2 unspecified atom stereocenters. The molecule has 7 nitrogen and oxygen atoms in total. The summed E-state index contributed by atoms with van der Waals surface area (Å²) in [6.07, 6.45) is 2.95. The van der Waals surface area contributed by atoms with Crippen molar-refractivity contribution in [2.24, 2.45) is 11.3 Å². The van der Waals surface area contributed by atoms with Crippen molar-refractivity contribution in [1.82, 2.24) is 10.6 Å². The standard InChI is InChI=1S/C28H34N2O5/c1-3-18(2)25(26(32)33)30-24(31)15-28(13-8-14-28)17-29-27(34)35-16-23-21-11-6-4-9-19(21)20-10-5-7-12-22(20)23/h4-7,9-12,18,23,25H,3,8,13-17H2,1-2H3,(H,29,34)(H,30,31)(H,32,33). The normalized spacial score (nSPS) is 17.3. The summed E-state index contributed by atoms with van der Waals surface area (Å²) in [5, 5.41) is 15.0. The molecule has 2 aliphatic rings. The minimum absolute atomic E-state index is 0.00917. The number of amides is 2. The number of hydrogen-bond donors (Lipinski definition) is 3. The van der Waals surface area contributed by atoms with Crippen molar-refractivity contribution in [2.45, 2.75) is 57.9 Å². The monoisotopic (exact) mass is 478 g/mol. The molecule has 2 aromatic rings. The third-order valence-corrected chi connectivity index (χ3v) is 7.70. The van der Waals surface area contributed by atoms with Gasteiger partial charge < -0.3 is 20.5 Å². The molecule has 2 aliphatic carbocycles. The first-order chi connectivity index (χ1) is 16.8. The first-order valence-corrected chi connectivity index (χ1v) is 12.4. The molecule has 7 heteroatoms. The molecule has 186 valence electrons. The van der Waals surface area contributed by atoms with E-state index < -0.39 is 18.1 Å². The number of benzene rings is 2. The zero-order chi connectivity index (χ0) is 25.0. The Kier molecular flexibility index (Phi) is 7.43. The fraction of sp³-hybridized carbons (Fsp3) is 0.464. The Morgan fingerprint density at radius 2 is 1.66 bits per heavy atom. The van der Waals surface area contributed by atoms with E-state index >= 15 is 0 Å². The van der Waals surface area contributed by atoms with Crippen LogP contribution in [0, 0.1) is 11.3 Å². The molecule has 0 radical (unpaired) electrons. The molecule has 1 saturated carbocycles. The minimum Gasteiger partial charge on any atom is -0.480 e. The van der Waals surface area contributed by atoms with Gasteiger partial charge in [0.1, 0.15) is 12.6 Å². The number of aliphatic carboxylic acids is 1.